The van der Waals surface area contributed by atoms with E-state index < -0.39 is 5.67 Å². The Morgan fingerprint density at radius 2 is 2.47 bits per heavy atom. The fourth-order valence-corrected chi connectivity index (χ4v) is 3.32. The molecule has 2 rings (SSSR count). The maximum Gasteiger partial charge on any atom is 0.155 e. The molecule has 2 atom stereocenters. The molecular weight excluding hydrogens is 285 g/mol. The monoisotopic (exact) mass is 303 g/mol. The molecule has 0 spiro atoms. The highest BCUT2D eigenvalue weighted by Gasteiger charge is 2.41. The molecule has 17 heavy (non-hydrogen) atoms. The van der Waals surface area contributed by atoms with E-state index in [1.807, 2.05) is 0 Å². The van der Waals surface area contributed by atoms with Gasteiger partial charge in [-0.05, 0) is 41.6 Å². The van der Waals surface area contributed by atoms with Gasteiger partial charge in [-0.3, -0.25) is 4.68 Å². The van der Waals surface area contributed by atoms with Crippen LogP contribution in [0.1, 0.15) is 44.7 Å². The Morgan fingerprint density at radius 1 is 1.71 bits per heavy atom. The van der Waals surface area contributed by atoms with Gasteiger partial charge in [0.1, 0.15) is 0 Å². The molecule has 1 aliphatic rings. The van der Waals surface area contributed by atoms with Crippen LogP contribution < -0.4 is 5.73 Å². The van der Waals surface area contributed by atoms with E-state index in [9.17, 15) is 0 Å². The first-order valence-electron chi connectivity index (χ1n) is 6.23. The lowest BCUT2D eigenvalue weighted by atomic mass is 9.81. The summed E-state index contributed by atoms with van der Waals surface area (Å²) in [5, 5.41) is 4.24. The molecule has 1 aromatic heterocycles. The zero-order chi connectivity index (χ0) is 12.5. The third kappa shape index (κ3) is 2.55. The summed E-state index contributed by atoms with van der Waals surface area (Å²) >= 11 is 3.41. The second-order valence-electron chi connectivity index (χ2n) is 4.89. The number of aromatic nitrogens is 2. The Kier molecular flexibility index (Phi) is 3.88. The summed E-state index contributed by atoms with van der Waals surface area (Å²) in [5.74, 6) is 0. The van der Waals surface area contributed by atoms with E-state index in [1.54, 1.807) is 10.9 Å². The normalized spacial score (nSPS) is 29.5. The highest BCUT2D eigenvalue weighted by molar-refractivity contribution is 9.10. The van der Waals surface area contributed by atoms with Crippen molar-refractivity contribution in [1.82, 2.24) is 9.78 Å². The number of alkyl halides is 1. The molecule has 1 aliphatic carbocycles. The number of hydrogen-bond acceptors (Lipinski definition) is 2. The maximum absolute atomic E-state index is 15.1. The van der Waals surface area contributed by atoms with Crippen molar-refractivity contribution in [2.45, 2.75) is 57.3 Å². The lowest BCUT2D eigenvalue weighted by molar-refractivity contribution is 0.0830. The quantitative estimate of drug-likeness (QED) is 0.932. The molecule has 0 aliphatic heterocycles. The van der Waals surface area contributed by atoms with Gasteiger partial charge < -0.3 is 5.73 Å². The summed E-state index contributed by atoms with van der Waals surface area (Å²) in [6.45, 7) is 2.82. The van der Waals surface area contributed by atoms with Crippen molar-refractivity contribution in [2.75, 3.05) is 0 Å². The van der Waals surface area contributed by atoms with E-state index in [4.69, 9.17) is 5.73 Å². The Morgan fingerprint density at radius 3 is 3.12 bits per heavy atom. The molecule has 0 radical (unpaired) electrons. The first-order valence-corrected chi connectivity index (χ1v) is 7.02. The number of aryl methyl sites for hydroxylation is 1. The molecule has 1 fully saturated rings. The molecule has 1 saturated carbocycles. The smallest absolute Gasteiger partial charge is 0.155 e. The van der Waals surface area contributed by atoms with E-state index >= 15 is 4.39 Å². The van der Waals surface area contributed by atoms with Crippen LogP contribution >= 0.6 is 15.9 Å². The van der Waals surface area contributed by atoms with Gasteiger partial charge >= 0.3 is 0 Å². The van der Waals surface area contributed by atoms with Crippen LogP contribution in [0.3, 0.4) is 0 Å². The first kappa shape index (κ1) is 13.0. The summed E-state index contributed by atoms with van der Waals surface area (Å²) < 4.78 is 17.6. The Hall–Kier alpha value is -0.420. The van der Waals surface area contributed by atoms with E-state index in [2.05, 4.69) is 28.0 Å². The second-order valence-corrected chi connectivity index (χ2v) is 5.74. The summed E-state index contributed by atoms with van der Waals surface area (Å²) in [6, 6.07) is -0.0365. The molecule has 2 unspecified atom stereocenters. The predicted molar refractivity (Wildman–Crippen MR) is 69.4 cm³/mol. The van der Waals surface area contributed by atoms with E-state index in [0.717, 1.165) is 30.3 Å². The highest BCUT2D eigenvalue weighted by Crippen LogP contribution is 2.43. The molecule has 5 heteroatoms. The fourth-order valence-electron chi connectivity index (χ4n) is 2.67. The third-order valence-electron chi connectivity index (χ3n) is 3.39. The second kappa shape index (κ2) is 5.06. The van der Waals surface area contributed by atoms with Crippen LogP contribution in [0.15, 0.2) is 10.7 Å². The Balaban J connectivity index is 2.33. The number of nitrogens with zero attached hydrogens (tertiary/aromatic N) is 2. The summed E-state index contributed by atoms with van der Waals surface area (Å²) in [4.78, 5) is 0. The summed E-state index contributed by atoms with van der Waals surface area (Å²) in [6.07, 6.45) is 5.36. The van der Waals surface area contributed by atoms with Crippen molar-refractivity contribution in [2.24, 2.45) is 5.73 Å². The highest BCUT2D eigenvalue weighted by atomic mass is 79.9. The van der Waals surface area contributed by atoms with Crippen LogP contribution in [0.5, 0.6) is 0 Å². The zero-order valence-electron chi connectivity index (χ0n) is 10.1. The SMILES string of the molecule is CCCn1ncc(Br)c1C1(F)CCCC(N)C1. The van der Waals surface area contributed by atoms with Crippen molar-refractivity contribution in [3.05, 3.63) is 16.4 Å². The molecule has 0 aromatic carbocycles. The molecule has 3 nitrogen and oxygen atoms in total. The van der Waals surface area contributed by atoms with Crippen molar-refractivity contribution < 1.29 is 4.39 Å². The molecule has 2 N–H and O–H groups in total. The average Bonchev–Trinajstić information content (AvgIpc) is 2.60. The Bertz CT molecular complexity index is 393. The van der Waals surface area contributed by atoms with Gasteiger partial charge in [0, 0.05) is 19.0 Å². The lowest BCUT2D eigenvalue weighted by Crippen LogP contribution is -2.37. The van der Waals surface area contributed by atoms with E-state index in [-0.39, 0.29) is 6.04 Å². The van der Waals surface area contributed by atoms with Crippen LogP contribution in [0.2, 0.25) is 0 Å². The largest absolute Gasteiger partial charge is 0.328 e. The van der Waals surface area contributed by atoms with E-state index in [1.165, 1.54) is 0 Å². The minimum Gasteiger partial charge on any atom is -0.328 e. The molecule has 1 heterocycles. The maximum atomic E-state index is 15.1. The molecule has 0 saturated heterocycles. The summed E-state index contributed by atoms with van der Waals surface area (Å²) in [7, 11) is 0. The van der Waals surface area contributed by atoms with Gasteiger partial charge in [-0.1, -0.05) is 6.92 Å². The standard InChI is InChI=1S/C12H19BrFN3/c1-2-6-17-11(10(13)8-16-17)12(14)5-3-4-9(15)7-12/h8-9H,2-7,15H2,1H3. The van der Waals surface area contributed by atoms with E-state index in [0.29, 0.717) is 18.5 Å². The lowest BCUT2D eigenvalue weighted by Gasteiger charge is -2.33. The Labute approximate surface area is 110 Å². The molecule has 0 bridgehead atoms. The van der Waals surface area contributed by atoms with Crippen LogP contribution in [-0.2, 0) is 12.2 Å². The van der Waals surface area contributed by atoms with Gasteiger partial charge in [-0.25, -0.2) is 4.39 Å². The van der Waals surface area contributed by atoms with Crippen molar-refractivity contribution in [3.63, 3.8) is 0 Å². The van der Waals surface area contributed by atoms with Crippen LogP contribution in [-0.4, -0.2) is 15.8 Å². The topological polar surface area (TPSA) is 43.8 Å². The number of hydrogen-bond donors (Lipinski definition) is 1. The van der Waals surface area contributed by atoms with Gasteiger partial charge in [0.15, 0.2) is 5.67 Å². The van der Waals surface area contributed by atoms with Gasteiger partial charge in [0.2, 0.25) is 0 Å². The van der Waals surface area contributed by atoms with Gasteiger partial charge in [0.05, 0.1) is 16.4 Å². The molecule has 96 valence electrons. The van der Waals surface area contributed by atoms with Crippen molar-refractivity contribution in [3.8, 4) is 0 Å². The number of nitrogens with two attached hydrogens (primary N) is 1. The van der Waals surface area contributed by atoms with Gasteiger partial charge in [0.25, 0.3) is 0 Å². The minimum absolute atomic E-state index is 0.0365. The minimum atomic E-state index is -1.32. The molecule has 1 aromatic rings. The summed E-state index contributed by atoms with van der Waals surface area (Å²) in [5.41, 5.74) is 5.26. The number of rotatable bonds is 3. The van der Waals surface area contributed by atoms with Crippen LogP contribution in [0.4, 0.5) is 4.39 Å². The fraction of sp³-hybridized carbons (Fsp3) is 0.750. The molecular formula is C12H19BrFN3. The average molecular weight is 304 g/mol. The van der Waals surface area contributed by atoms with Gasteiger partial charge in [-0.15, -0.1) is 0 Å². The predicted octanol–water partition coefficient (Wildman–Crippen LogP) is 3.12. The third-order valence-corrected chi connectivity index (χ3v) is 3.97. The molecule has 0 amide bonds. The first-order chi connectivity index (χ1) is 8.07. The van der Waals surface area contributed by atoms with Crippen LogP contribution in [0.25, 0.3) is 0 Å². The van der Waals surface area contributed by atoms with Crippen molar-refractivity contribution >= 4 is 15.9 Å². The zero-order valence-corrected chi connectivity index (χ0v) is 11.7. The van der Waals surface area contributed by atoms with Crippen molar-refractivity contribution in [1.29, 1.82) is 0 Å². The number of halogens is 2. The van der Waals surface area contributed by atoms with Crippen LogP contribution in [0, 0.1) is 0 Å². The van der Waals surface area contributed by atoms with Gasteiger partial charge in [-0.2, -0.15) is 5.10 Å².